The summed E-state index contributed by atoms with van der Waals surface area (Å²) in [7, 11) is 0. The Balaban J connectivity index is 1.42. The van der Waals surface area contributed by atoms with Crippen LogP contribution in [0.4, 0.5) is 0 Å². The summed E-state index contributed by atoms with van der Waals surface area (Å²) in [5.41, 5.74) is 3.44. The van der Waals surface area contributed by atoms with Gasteiger partial charge in [0.1, 0.15) is 12.2 Å². The third-order valence-corrected chi connectivity index (χ3v) is 9.18. The van der Waals surface area contributed by atoms with E-state index < -0.39 is 0 Å². The fourth-order valence-corrected chi connectivity index (χ4v) is 8.01. The van der Waals surface area contributed by atoms with Gasteiger partial charge in [-0.3, -0.25) is 4.79 Å². The third-order valence-electron chi connectivity index (χ3n) is 9.18. The number of fused-ring (bicyclic) bond motifs is 7. The molecule has 4 nitrogen and oxygen atoms in total. The van der Waals surface area contributed by atoms with Crippen molar-refractivity contribution in [2.24, 2.45) is 39.7 Å². The molecule has 148 valence electrons. The van der Waals surface area contributed by atoms with E-state index in [-0.39, 0.29) is 12.1 Å². The Labute approximate surface area is 162 Å². The van der Waals surface area contributed by atoms with Crippen molar-refractivity contribution < 1.29 is 14.4 Å². The van der Waals surface area contributed by atoms with Crippen LogP contribution < -0.4 is 0 Å². The fraction of sp³-hybridized carbons (Fsp3) is 0.826. The highest BCUT2D eigenvalue weighted by molar-refractivity contribution is 5.86. The molecule has 3 saturated carbocycles. The molecule has 4 heteroatoms. The molecule has 0 aromatic carbocycles. The van der Waals surface area contributed by atoms with Crippen molar-refractivity contribution in [1.29, 1.82) is 0 Å². The molecule has 0 radical (unpaired) electrons. The molecule has 5 aliphatic rings. The molecule has 0 aromatic rings. The third kappa shape index (κ3) is 2.40. The second-order valence-electron chi connectivity index (χ2n) is 10.4. The van der Waals surface area contributed by atoms with Gasteiger partial charge >= 0.3 is 5.97 Å². The Morgan fingerprint density at radius 1 is 1.26 bits per heavy atom. The first-order valence-corrected chi connectivity index (χ1v) is 10.9. The van der Waals surface area contributed by atoms with Gasteiger partial charge in [0.25, 0.3) is 0 Å². The van der Waals surface area contributed by atoms with Gasteiger partial charge in [-0.05, 0) is 74.0 Å². The number of nitrogens with zero attached hydrogens (tertiary/aromatic N) is 1. The maximum Gasteiger partial charge on any atom is 0.302 e. The molecule has 0 unspecified atom stereocenters. The van der Waals surface area contributed by atoms with Crippen LogP contribution in [0, 0.1) is 34.5 Å². The summed E-state index contributed by atoms with van der Waals surface area (Å²) in [6, 6.07) is 0. The lowest BCUT2D eigenvalue weighted by Crippen LogP contribution is -2.51. The summed E-state index contributed by atoms with van der Waals surface area (Å²) in [6.45, 7) is 8.72. The van der Waals surface area contributed by atoms with Crippen LogP contribution in [0.2, 0.25) is 0 Å². The summed E-state index contributed by atoms with van der Waals surface area (Å²) in [6.07, 6.45) is 11.0. The Morgan fingerprint density at radius 3 is 2.85 bits per heavy atom. The predicted octanol–water partition coefficient (Wildman–Crippen LogP) is 4.88. The lowest BCUT2D eigenvalue weighted by Gasteiger charge is -2.57. The van der Waals surface area contributed by atoms with Gasteiger partial charge in [-0.15, -0.1) is 0 Å². The van der Waals surface area contributed by atoms with E-state index in [9.17, 15) is 4.79 Å². The van der Waals surface area contributed by atoms with Crippen LogP contribution >= 0.6 is 0 Å². The van der Waals surface area contributed by atoms with E-state index in [0.29, 0.717) is 22.9 Å². The first-order chi connectivity index (χ1) is 12.8. The number of oxime groups is 1. The van der Waals surface area contributed by atoms with Crippen molar-refractivity contribution in [2.45, 2.75) is 84.8 Å². The van der Waals surface area contributed by atoms with Crippen LogP contribution in [0.25, 0.3) is 0 Å². The number of allylic oxidation sites excluding steroid dienone is 1. The SMILES string of the molecule is CC(=O)O[C@H]1CC[C@@]2(C)C(=CC[C@H]3[C@@H]4C[C@@H]5ON=C(C)[C@@H]5[C@@]4(C)CC[C@@H]32)C1. The van der Waals surface area contributed by atoms with E-state index in [2.05, 4.69) is 32.0 Å². The number of hydrogen-bond acceptors (Lipinski definition) is 4. The molecule has 0 N–H and O–H groups in total. The number of carbonyl (C=O) groups excluding carboxylic acids is 1. The van der Waals surface area contributed by atoms with Crippen LogP contribution in [0.5, 0.6) is 0 Å². The Bertz CT molecular complexity index is 727. The van der Waals surface area contributed by atoms with Gasteiger partial charge in [0.05, 0.1) is 5.71 Å². The molecule has 1 heterocycles. The monoisotopic (exact) mass is 371 g/mol. The highest BCUT2D eigenvalue weighted by atomic mass is 16.6. The molecule has 0 bridgehead atoms. The van der Waals surface area contributed by atoms with Crippen LogP contribution in [0.1, 0.15) is 72.6 Å². The maximum absolute atomic E-state index is 11.4. The number of carbonyl (C=O) groups is 1. The van der Waals surface area contributed by atoms with E-state index in [1.54, 1.807) is 5.57 Å². The van der Waals surface area contributed by atoms with E-state index in [1.807, 2.05) is 0 Å². The molecule has 0 spiro atoms. The summed E-state index contributed by atoms with van der Waals surface area (Å²) in [5, 5.41) is 4.34. The maximum atomic E-state index is 11.4. The summed E-state index contributed by atoms with van der Waals surface area (Å²) in [4.78, 5) is 17.2. The molecule has 0 aromatic heterocycles. The highest BCUT2D eigenvalue weighted by Gasteiger charge is 2.63. The van der Waals surface area contributed by atoms with Gasteiger partial charge in [0.2, 0.25) is 0 Å². The van der Waals surface area contributed by atoms with Gasteiger partial charge in [0.15, 0.2) is 0 Å². The minimum atomic E-state index is -0.138. The number of hydrogen-bond donors (Lipinski definition) is 0. The number of rotatable bonds is 1. The average Bonchev–Trinajstić information content (AvgIpc) is 3.12. The summed E-state index contributed by atoms with van der Waals surface area (Å²) in [5.74, 6) is 2.68. The van der Waals surface area contributed by atoms with E-state index in [4.69, 9.17) is 9.57 Å². The van der Waals surface area contributed by atoms with Crippen molar-refractivity contribution in [3.8, 4) is 0 Å². The smallest absolute Gasteiger partial charge is 0.302 e. The van der Waals surface area contributed by atoms with E-state index >= 15 is 0 Å². The molecule has 0 amide bonds. The largest absolute Gasteiger partial charge is 0.462 e. The molecule has 0 saturated heterocycles. The van der Waals surface area contributed by atoms with Crippen molar-refractivity contribution in [3.63, 3.8) is 0 Å². The van der Waals surface area contributed by atoms with Crippen molar-refractivity contribution >= 4 is 11.7 Å². The van der Waals surface area contributed by atoms with Gasteiger partial charge in [-0.1, -0.05) is 30.7 Å². The van der Waals surface area contributed by atoms with Gasteiger partial charge in [-0.25, -0.2) is 0 Å². The molecule has 5 rings (SSSR count). The molecule has 8 atom stereocenters. The Hall–Kier alpha value is -1.32. The second kappa shape index (κ2) is 5.84. The van der Waals surface area contributed by atoms with Crippen LogP contribution in [0.3, 0.4) is 0 Å². The predicted molar refractivity (Wildman–Crippen MR) is 104 cm³/mol. The second-order valence-corrected chi connectivity index (χ2v) is 10.4. The molecular weight excluding hydrogens is 338 g/mol. The van der Waals surface area contributed by atoms with Gasteiger partial charge < -0.3 is 9.57 Å². The lowest BCUT2D eigenvalue weighted by atomic mass is 9.47. The normalized spacial score (nSPS) is 50.4. The van der Waals surface area contributed by atoms with Crippen molar-refractivity contribution in [3.05, 3.63) is 11.6 Å². The summed E-state index contributed by atoms with van der Waals surface area (Å²) >= 11 is 0. The Morgan fingerprint density at radius 2 is 2.07 bits per heavy atom. The zero-order chi connectivity index (χ0) is 19.0. The average molecular weight is 372 g/mol. The van der Waals surface area contributed by atoms with Crippen LogP contribution in [0.15, 0.2) is 16.8 Å². The van der Waals surface area contributed by atoms with E-state index in [0.717, 1.165) is 37.0 Å². The molecular formula is C23H33NO3. The fourth-order valence-electron chi connectivity index (χ4n) is 8.01. The highest BCUT2D eigenvalue weighted by Crippen LogP contribution is 2.67. The number of ether oxygens (including phenoxy) is 1. The topological polar surface area (TPSA) is 47.9 Å². The summed E-state index contributed by atoms with van der Waals surface area (Å²) < 4.78 is 5.56. The van der Waals surface area contributed by atoms with Gasteiger partial charge in [0, 0.05) is 19.3 Å². The molecule has 27 heavy (non-hydrogen) atoms. The van der Waals surface area contributed by atoms with Crippen molar-refractivity contribution in [1.82, 2.24) is 0 Å². The first-order valence-electron chi connectivity index (χ1n) is 10.9. The molecule has 4 aliphatic carbocycles. The standard InChI is InChI=1S/C23H33NO3/c1-13-21-20(27-24-13)12-19-17-6-5-15-11-16(26-14(2)25)7-9-22(15,3)18(17)8-10-23(19,21)4/h5,16-21H,6-12H2,1-4H3/t16-,17+,18-,19-,20-,21-,22-,23-/m0/s1. The molecule has 3 fully saturated rings. The minimum absolute atomic E-state index is 0.0883. The minimum Gasteiger partial charge on any atom is -0.462 e. The first kappa shape index (κ1) is 17.8. The number of esters is 1. The lowest BCUT2D eigenvalue weighted by molar-refractivity contribution is -0.148. The van der Waals surface area contributed by atoms with Crippen LogP contribution in [-0.4, -0.2) is 23.9 Å². The van der Waals surface area contributed by atoms with E-state index in [1.165, 1.54) is 38.3 Å². The van der Waals surface area contributed by atoms with Gasteiger partial charge in [-0.2, -0.15) is 0 Å². The van der Waals surface area contributed by atoms with Crippen molar-refractivity contribution in [2.75, 3.05) is 0 Å². The quantitative estimate of drug-likeness (QED) is 0.487. The molecule has 1 aliphatic heterocycles. The zero-order valence-corrected chi connectivity index (χ0v) is 17.2. The van der Waals surface area contributed by atoms with Crippen LogP contribution in [-0.2, 0) is 14.4 Å². The Kier molecular flexibility index (Phi) is 3.84. The zero-order valence-electron chi connectivity index (χ0n) is 17.2.